The number of carbonyl (C=O) groups excluding carboxylic acids is 2. The molecule has 0 unspecified atom stereocenters. The predicted molar refractivity (Wildman–Crippen MR) is 125 cm³/mol. The lowest BCUT2D eigenvalue weighted by molar-refractivity contribution is -0.137. The summed E-state index contributed by atoms with van der Waals surface area (Å²) in [6, 6.07) is 17.6. The number of ketones is 1. The van der Waals surface area contributed by atoms with Crippen molar-refractivity contribution in [1.82, 2.24) is 4.40 Å². The second-order valence-corrected chi connectivity index (χ2v) is 7.75. The molecular formula is C26H24N2O5. The number of ether oxygens (including phenoxy) is 1. The van der Waals surface area contributed by atoms with Crippen LogP contribution in [-0.4, -0.2) is 33.8 Å². The number of aliphatic carboxylic acids is 1. The number of Topliss-reactive ketones (excluding diaryl/α,β-unsaturated/α-hetero) is 1. The van der Waals surface area contributed by atoms with Gasteiger partial charge in [-0.15, -0.1) is 0 Å². The molecule has 0 radical (unpaired) electrons. The Labute approximate surface area is 190 Å². The average Bonchev–Trinajstić information content (AvgIpc) is 3.12. The van der Waals surface area contributed by atoms with Gasteiger partial charge in [-0.2, -0.15) is 0 Å². The fourth-order valence-electron chi connectivity index (χ4n) is 4.32. The topological polar surface area (TPSA) is 111 Å². The van der Waals surface area contributed by atoms with Crippen molar-refractivity contribution < 1.29 is 24.2 Å². The minimum Gasteiger partial charge on any atom is -0.491 e. The highest BCUT2D eigenvalue weighted by Crippen LogP contribution is 2.34. The monoisotopic (exact) mass is 444 g/mol. The van der Waals surface area contributed by atoms with Crippen molar-refractivity contribution in [3.05, 3.63) is 83.2 Å². The second-order valence-electron chi connectivity index (χ2n) is 7.75. The number of nitrogens with zero attached hydrogens (tertiary/aromatic N) is 1. The normalized spacial score (nSPS) is 11.1. The van der Waals surface area contributed by atoms with E-state index in [4.69, 9.17) is 15.6 Å². The molecule has 0 atom stereocenters. The third kappa shape index (κ3) is 4.17. The summed E-state index contributed by atoms with van der Waals surface area (Å²) in [5.41, 5.74) is 8.70. The Hall–Kier alpha value is -4.13. The molecule has 0 saturated carbocycles. The number of carbonyl (C=O) groups is 3. The Morgan fingerprint density at radius 3 is 2.52 bits per heavy atom. The molecule has 1 amide bonds. The summed E-state index contributed by atoms with van der Waals surface area (Å²) in [4.78, 5) is 35.8. The first-order valence-electron chi connectivity index (χ1n) is 10.7. The molecule has 0 fully saturated rings. The van der Waals surface area contributed by atoms with E-state index in [2.05, 4.69) is 6.07 Å². The highest BCUT2D eigenvalue weighted by molar-refractivity contribution is 6.44. The van der Waals surface area contributed by atoms with Crippen LogP contribution in [0.25, 0.3) is 16.3 Å². The number of hydrogen-bond donors (Lipinski definition) is 2. The summed E-state index contributed by atoms with van der Waals surface area (Å²) in [5, 5.41) is 11.2. The molecule has 0 aliphatic carbocycles. The van der Waals surface area contributed by atoms with E-state index in [1.165, 1.54) is 0 Å². The second kappa shape index (κ2) is 9.16. The molecule has 0 aliphatic heterocycles. The standard InChI is InChI=1S/C26H24N2O5/c1-2-18-20(15-17-9-5-8-16-7-3-4-10-19(16)17)28-13-6-11-21(33-14-12-22(29)30)24(28)23(18)25(31)26(27)32/h3-11,13H,2,12,14-15H2,1H3,(H2,27,32)(H,29,30). The Bertz CT molecular complexity index is 1380. The summed E-state index contributed by atoms with van der Waals surface area (Å²) in [6.45, 7) is 1.86. The van der Waals surface area contributed by atoms with Gasteiger partial charge in [-0.05, 0) is 40.5 Å². The first-order chi connectivity index (χ1) is 15.9. The van der Waals surface area contributed by atoms with Crippen molar-refractivity contribution in [2.24, 2.45) is 5.73 Å². The number of nitrogens with two attached hydrogens (primary N) is 1. The van der Waals surface area contributed by atoms with Gasteiger partial charge in [-0.3, -0.25) is 14.4 Å². The number of carboxylic acids is 1. The lowest BCUT2D eigenvalue weighted by Crippen LogP contribution is -2.24. The number of hydrogen-bond acceptors (Lipinski definition) is 4. The van der Waals surface area contributed by atoms with Gasteiger partial charge in [-0.1, -0.05) is 49.4 Å². The molecule has 0 bridgehead atoms. The van der Waals surface area contributed by atoms with Crippen molar-refractivity contribution in [2.75, 3.05) is 6.61 Å². The third-order valence-corrected chi connectivity index (χ3v) is 5.75. The van der Waals surface area contributed by atoms with Gasteiger partial charge in [0.05, 0.1) is 24.1 Å². The average molecular weight is 444 g/mol. The maximum atomic E-state index is 12.9. The number of carboxylic acid groups (broad SMARTS) is 1. The lowest BCUT2D eigenvalue weighted by atomic mass is 9.96. The third-order valence-electron chi connectivity index (χ3n) is 5.75. The van der Waals surface area contributed by atoms with Crippen molar-refractivity contribution in [3.8, 4) is 5.75 Å². The van der Waals surface area contributed by atoms with Gasteiger partial charge < -0.3 is 20.0 Å². The molecule has 2 aromatic heterocycles. The van der Waals surface area contributed by atoms with Crippen LogP contribution in [0.1, 0.15) is 40.5 Å². The van der Waals surface area contributed by atoms with E-state index < -0.39 is 17.7 Å². The van der Waals surface area contributed by atoms with Crippen LogP contribution in [0, 0.1) is 0 Å². The zero-order chi connectivity index (χ0) is 23.5. The van der Waals surface area contributed by atoms with Gasteiger partial charge in [0.25, 0.3) is 11.7 Å². The molecule has 2 heterocycles. The van der Waals surface area contributed by atoms with Crippen LogP contribution in [0.3, 0.4) is 0 Å². The SMILES string of the molecule is CCc1c(C(=O)C(N)=O)c2c(OCCC(=O)O)cccn2c1Cc1cccc2ccccc12. The van der Waals surface area contributed by atoms with Gasteiger partial charge >= 0.3 is 5.97 Å². The largest absolute Gasteiger partial charge is 0.491 e. The summed E-state index contributed by atoms with van der Waals surface area (Å²) in [5.74, 6) is -2.49. The zero-order valence-corrected chi connectivity index (χ0v) is 18.2. The highest BCUT2D eigenvalue weighted by atomic mass is 16.5. The number of primary amides is 1. The fraction of sp³-hybridized carbons (Fsp3) is 0.192. The minimum absolute atomic E-state index is 0.0650. The highest BCUT2D eigenvalue weighted by Gasteiger charge is 2.28. The van der Waals surface area contributed by atoms with E-state index in [1.807, 2.05) is 53.9 Å². The summed E-state index contributed by atoms with van der Waals surface area (Å²) in [7, 11) is 0. The Morgan fingerprint density at radius 1 is 1.03 bits per heavy atom. The fourth-order valence-corrected chi connectivity index (χ4v) is 4.32. The summed E-state index contributed by atoms with van der Waals surface area (Å²) in [6.07, 6.45) is 2.65. The first kappa shape index (κ1) is 22.1. The minimum atomic E-state index is -1.05. The van der Waals surface area contributed by atoms with Crippen LogP contribution in [0.4, 0.5) is 0 Å². The molecular weight excluding hydrogens is 420 g/mol. The number of fused-ring (bicyclic) bond motifs is 2. The maximum Gasteiger partial charge on any atom is 0.306 e. The molecule has 3 N–H and O–H groups in total. The quantitative estimate of drug-likeness (QED) is 0.302. The molecule has 168 valence electrons. The van der Waals surface area contributed by atoms with Crippen LogP contribution in [0.15, 0.2) is 60.8 Å². The summed E-state index contributed by atoms with van der Waals surface area (Å²) < 4.78 is 7.58. The van der Waals surface area contributed by atoms with Crippen LogP contribution in [0.2, 0.25) is 0 Å². The molecule has 4 aromatic rings. The van der Waals surface area contributed by atoms with E-state index in [0.29, 0.717) is 24.1 Å². The van der Waals surface area contributed by atoms with Crippen molar-refractivity contribution in [3.63, 3.8) is 0 Å². The van der Waals surface area contributed by atoms with E-state index in [9.17, 15) is 14.4 Å². The van der Waals surface area contributed by atoms with E-state index in [0.717, 1.165) is 27.6 Å². The molecule has 0 spiro atoms. The van der Waals surface area contributed by atoms with Gasteiger partial charge in [-0.25, -0.2) is 0 Å². The smallest absolute Gasteiger partial charge is 0.306 e. The Balaban J connectivity index is 1.93. The zero-order valence-electron chi connectivity index (χ0n) is 18.2. The molecule has 4 rings (SSSR count). The van der Waals surface area contributed by atoms with E-state index >= 15 is 0 Å². The number of benzene rings is 2. The lowest BCUT2D eigenvalue weighted by Gasteiger charge is -2.11. The molecule has 0 saturated heterocycles. The van der Waals surface area contributed by atoms with Crippen LogP contribution in [-0.2, 0) is 22.4 Å². The van der Waals surface area contributed by atoms with Gasteiger partial charge in [0.1, 0.15) is 5.75 Å². The van der Waals surface area contributed by atoms with Crippen LogP contribution >= 0.6 is 0 Å². The molecule has 0 aliphatic rings. The number of aromatic nitrogens is 1. The van der Waals surface area contributed by atoms with Crippen molar-refractivity contribution in [1.29, 1.82) is 0 Å². The van der Waals surface area contributed by atoms with E-state index in [-0.39, 0.29) is 18.6 Å². The number of rotatable bonds is 9. The molecule has 7 heteroatoms. The molecule has 33 heavy (non-hydrogen) atoms. The van der Waals surface area contributed by atoms with Crippen molar-refractivity contribution in [2.45, 2.75) is 26.2 Å². The predicted octanol–water partition coefficient (Wildman–Crippen LogP) is 3.77. The summed E-state index contributed by atoms with van der Waals surface area (Å²) >= 11 is 0. The molecule has 2 aromatic carbocycles. The maximum absolute atomic E-state index is 12.9. The Kier molecular flexibility index (Phi) is 6.13. The van der Waals surface area contributed by atoms with Crippen LogP contribution < -0.4 is 10.5 Å². The number of amides is 1. The molecule has 7 nitrogen and oxygen atoms in total. The first-order valence-corrected chi connectivity index (χ1v) is 10.7. The number of pyridine rings is 1. The van der Waals surface area contributed by atoms with Crippen molar-refractivity contribution >= 4 is 33.9 Å². The van der Waals surface area contributed by atoms with E-state index in [1.54, 1.807) is 12.1 Å². The Morgan fingerprint density at radius 2 is 1.79 bits per heavy atom. The van der Waals surface area contributed by atoms with Gasteiger partial charge in [0, 0.05) is 18.3 Å². The van der Waals surface area contributed by atoms with Gasteiger partial charge in [0.2, 0.25) is 0 Å². The van der Waals surface area contributed by atoms with Crippen LogP contribution in [0.5, 0.6) is 5.75 Å². The van der Waals surface area contributed by atoms with Gasteiger partial charge in [0.15, 0.2) is 0 Å².